The highest BCUT2D eigenvalue weighted by Crippen LogP contribution is 2.20. The SMILES string of the molecule is CCNC(=NCCc1noc(-c2ccccn2)n1)NC1CCN(Cc2ccccc2)C(C)C1. The summed E-state index contributed by atoms with van der Waals surface area (Å²) in [6.45, 7) is 7.89. The van der Waals surface area contributed by atoms with E-state index < -0.39 is 0 Å². The van der Waals surface area contributed by atoms with Gasteiger partial charge in [-0.2, -0.15) is 4.98 Å². The number of hydrogen-bond donors (Lipinski definition) is 2. The van der Waals surface area contributed by atoms with E-state index in [0.717, 1.165) is 38.4 Å². The van der Waals surface area contributed by atoms with Crippen LogP contribution in [0.4, 0.5) is 0 Å². The van der Waals surface area contributed by atoms with Crippen molar-refractivity contribution in [1.82, 2.24) is 30.7 Å². The van der Waals surface area contributed by atoms with Crippen molar-refractivity contribution in [3.63, 3.8) is 0 Å². The molecule has 33 heavy (non-hydrogen) atoms. The molecule has 0 amide bonds. The molecular weight excluding hydrogens is 414 g/mol. The Morgan fingerprint density at radius 2 is 2.03 bits per heavy atom. The van der Waals surface area contributed by atoms with Crippen LogP contribution in [0.5, 0.6) is 0 Å². The molecule has 4 rings (SSSR count). The Balaban J connectivity index is 1.27. The molecule has 2 atom stereocenters. The average molecular weight is 448 g/mol. The fourth-order valence-corrected chi connectivity index (χ4v) is 4.13. The third-order valence-electron chi connectivity index (χ3n) is 5.88. The smallest absolute Gasteiger partial charge is 0.276 e. The van der Waals surface area contributed by atoms with Gasteiger partial charge in [0, 0.05) is 50.9 Å². The molecule has 1 aliphatic rings. The number of piperidine rings is 1. The Kier molecular flexibility index (Phi) is 8.03. The number of guanidine groups is 1. The van der Waals surface area contributed by atoms with Crippen LogP contribution < -0.4 is 10.6 Å². The predicted octanol–water partition coefficient (Wildman–Crippen LogP) is 3.28. The van der Waals surface area contributed by atoms with Crippen molar-refractivity contribution in [2.45, 2.75) is 51.7 Å². The van der Waals surface area contributed by atoms with Crippen LogP contribution in [0.3, 0.4) is 0 Å². The van der Waals surface area contributed by atoms with E-state index in [0.29, 0.717) is 42.5 Å². The zero-order chi connectivity index (χ0) is 22.9. The van der Waals surface area contributed by atoms with Gasteiger partial charge in [0.25, 0.3) is 5.89 Å². The number of nitrogens with zero attached hydrogens (tertiary/aromatic N) is 5. The molecule has 0 bridgehead atoms. The van der Waals surface area contributed by atoms with Crippen LogP contribution in [0.1, 0.15) is 38.1 Å². The van der Waals surface area contributed by atoms with Crippen molar-refractivity contribution in [2.24, 2.45) is 4.99 Å². The second-order valence-electron chi connectivity index (χ2n) is 8.41. The minimum absolute atomic E-state index is 0.408. The summed E-state index contributed by atoms with van der Waals surface area (Å²) in [5, 5.41) is 11.1. The summed E-state index contributed by atoms with van der Waals surface area (Å²) in [6.07, 6.45) is 4.51. The third kappa shape index (κ3) is 6.61. The van der Waals surface area contributed by atoms with Crippen LogP contribution in [-0.2, 0) is 13.0 Å². The molecule has 1 saturated heterocycles. The lowest BCUT2D eigenvalue weighted by Gasteiger charge is -2.38. The van der Waals surface area contributed by atoms with Gasteiger partial charge in [0.2, 0.25) is 0 Å². The Morgan fingerprint density at radius 3 is 2.79 bits per heavy atom. The van der Waals surface area contributed by atoms with Crippen LogP contribution >= 0.6 is 0 Å². The van der Waals surface area contributed by atoms with E-state index in [1.165, 1.54) is 5.56 Å². The molecule has 2 N–H and O–H groups in total. The average Bonchev–Trinajstić information content (AvgIpc) is 3.31. The maximum atomic E-state index is 5.33. The zero-order valence-corrected chi connectivity index (χ0v) is 19.4. The van der Waals surface area contributed by atoms with Gasteiger partial charge in [0.05, 0.1) is 0 Å². The molecule has 3 heterocycles. The number of benzene rings is 1. The summed E-state index contributed by atoms with van der Waals surface area (Å²) in [7, 11) is 0. The van der Waals surface area contributed by atoms with Crippen molar-refractivity contribution in [3.8, 4) is 11.6 Å². The van der Waals surface area contributed by atoms with E-state index in [1.54, 1.807) is 6.20 Å². The van der Waals surface area contributed by atoms with E-state index >= 15 is 0 Å². The number of aromatic nitrogens is 3. The minimum atomic E-state index is 0.408. The third-order valence-corrected chi connectivity index (χ3v) is 5.88. The molecular formula is C25H33N7O. The second kappa shape index (κ2) is 11.6. The van der Waals surface area contributed by atoms with E-state index in [-0.39, 0.29) is 0 Å². The van der Waals surface area contributed by atoms with Gasteiger partial charge in [0.1, 0.15) is 5.69 Å². The molecule has 8 nitrogen and oxygen atoms in total. The van der Waals surface area contributed by atoms with Crippen molar-refractivity contribution < 1.29 is 4.52 Å². The van der Waals surface area contributed by atoms with Crippen molar-refractivity contribution >= 4 is 5.96 Å². The van der Waals surface area contributed by atoms with Gasteiger partial charge >= 0.3 is 0 Å². The van der Waals surface area contributed by atoms with E-state index in [4.69, 9.17) is 9.52 Å². The minimum Gasteiger partial charge on any atom is -0.357 e. The van der Waals surface area contributed by atoms with Crippen LogP contribution in [0, 0.1) is 0 Å². The Bertz CT molecular complexity index is 1010. The summed E-state index contributed by atoms with van der Waals surface area (Å²) in [5.74, 6) is 1.92. The fraction of sp³-hybridized carbons (Fsp3) is 0.440. The van der Waals surface area contributed by atoms with Gasteiger partial charge in [-0.1, -0.05) is 41.6 Å². The Hall–Kier alpha value is -3.26. The lowest BCUT2D eigenvalue weighted by Crippen LogP contribution is -2.51. The zero-order valence-electron chi connectivity index (χ0n) is 19.4. The molecule has 2 unspecified atom stereocenters. The van der Waals surface area contributed by atoms with E-state index in [9.17, 15) is 0 Å². The maximum absolute atomic E-state index is 5.33. The molecule has 0 spiro atoms. The van der Waals surface area contributed by atoms with Gasteiger partial charge in [-0.05, 0) is 44.4 Å². The van der Waals surface area contributed by atoms with Crippen molar-refractivity contribution in [1.29, 1.82) is 0 Å². The summed E-state index contributed by atoms with van der Waals surface area (Å²) in [4.78, 5) is 16.0. The van der Waals surface area contributed by atoms with E-state index in [1.807, 2.05) is 18.2 Å². The van der Waals surface area contributed by atoms with Gasteiger partial charge < -0.3 is 15.2 Å². The van der Waals surface area contributed by atoms with Crippen molar-refractivity contribution in [2.75, 3.05) is 19.6 Å². The lowest BCUT2D eigenvalue weighted by atomic mass is 9.97. The quantitative estimate of drug-likeness (QED) is 0.404. The van der Waals surface area contributed by atoms with Crippen LogP contribution in [0.2, 0.25) is 0 Å². The maximum Gasteiger partial charge on any atom is 0.276 e. The number of nitrogens with one attached hydrogen (secondary N) is 2. The standard InChI is InChI=1S/C25H33N7O/c1-3-26-25(28-15-12-23-30-24(33-31-23)22-11-7-8-14-27-22)29-21-13-16-32(19(2)17-21)18-20-9-5-4-6-10-20/h4-11,14,19,21H,3,12-13,15-18H2,1-2H3,(H2,26,28,29). The van der Waals surface area contributed by atoms with Crippen LogP contribution in [0.15, 0.2) is 64.2 Å². The first-order valence-electron chi connectivity index (χ1n) is 11.8. The first-order valence-corrected chi connectivity index (χ1v) is 11.8. The molecule has 0 radical (unpaired) electrons. The normalized spacial score (nSPS) is 19.4. The molecule has 0 saturated carbocycles. The number of rotatable bonds is 8. The number of hydrogen-bond acceptors (Lipinski definition) is 6. The molecule has 1 aromatic carbocycles. The summed E-state index contributed by atoms with van der Waals surface area (Å²) in [5.41, 5.74) is 2.06. The molecule has 8 heteroatoms. The number of likely N-dealkylation sites (tertiary alicyclic amines) is 1. The first kappa shape index (κ1) is 22.9. The Morgan fingerprint density at radius 1 is 1.18 bits per heavy atom. The summed E-state index contributed by atoms with van der Waals surface area (Å²) >= 11 is 0. The molecule has 1 aliphatic heterocycles. The van der Waals surface area contributed by atoms with Gasteiger partial charge in [-0.3, -0.25) is 14.9 Å². The van der Waals surface area contributed by atoms with E-state index in [2.05, 4.69) is 74.8 Å². The van der Waals surface area contributed by atoms with Gasteiger partial charge in [0.15, 0.2) is 11.8 Å². The number of pyridine rings is 1. The molecule has 174 valence electrons. The summed E-state index contributed by atoms with van der Waals surface area (Å²) < 4.78 is 5.33. The molecule has 3 aromatic rings. The highest BCUT2D eigenvalue weighted by atomic mass is 16.5. The summed E-state index contributed by atoms with van der Waals surface area (Å²) in [6, 6.07) is 17.2. The molecule has 0 aliphatic carbocycles. The largest absolute Gasteiger partial charge is 0.357 e. The monoisotopic (exact) mass is 447 g/mol. The highest BCUT2D eigenvalue weighted by Gasteiger charge is 2.26. The van der Waals surface area contributed by atoms with Gasteiger partial charge in [-0.15, -0.1) is 0 Å². The fourth-order valence-electron chi connectivity index (χ4n) is 4.13. The number of aliphatic imine (C=N–C) groups is 1. The van der Waals surface area contributed by atoms with Crippen LogP contribution in [-0.4, -0.2) is 57.7 Å². The molecule has 2 aromatic heterocycles. The van der Waals surface area contributed by atoms with Crippen LogP contribution in [0.25, 0.3) is 11.6 Å². The van der Waals surface area contributed by atoms with Crippen molar-refractivity contribution in [3.05, 3.63) is 66.1 Å². The lowest BCUT2D eigenvalue weighted by molar-refractivity contribution is 0.134. The first-order chi connectivity index (χ1) is 16.2. The molecule has 1 fully saturated rings. The Labute approximate surface area is 195 Å². The predicted molar refractivity (Wildman–Crippen MR) is 130 cm³/mol. The second-order valence-corrected chi connectivity index (χ2v) is 8.41. The van der Waals surface area contributed by atoms with Gasteiger partial charge in [-0.25, -0.2) is 0 Å². The topological polar surface area (TPSA) is 91.5 Å². The highest BCUT2D eigenvalue weighted by molar-refractivity contribution is 5.80.